The van der Waals surface area contributed by atoms with Crippen molar-refractivity contribution in [2.45, 2.75) is 52.1 Å². The van der Waals surface area contributed by atoms with Crippen LogP contribution >= 0.6 is 0 Å². The second-order valence-corrected chi connectivity index (χ2v) is 4.75. The van der Waals surface area contributed by atoms with Gasteiger partial charge < -0.3 is 10.1 Å². The van der Waals surface area contributed by atoms with Crippen molar-refractivity contribution in [1.82, 2.24) is 10.2 Å². The first-order chi connectivity index (χ1) is 7.77. The Balaban J connectivity index is 2.33. The van der Waals surface area contributed by atoms with Crippen LogP contribution in [0.15, 0.2) is 0 Å². The third kappa shape index (κ3) is 4.81. The van der Waals surface area contributed by atoms with Crippen LogP contribution in [0, 0.1) is 0 Å². The van der Waals surface area contributed by atoms with Crippen LogP contribution < -0.4 is 5.32 Å². The summed E-state index contributed by atoms with van der Waals surface area (Å²) < 4.78 is 5.52. The molecule has 3 nitrogen and oxygen atoms in total. The van der Waals surface area contributed by atoms with E-state index in [4.69, 9.17) is 4.74 Å². The molecule has 1 saturated heterocycles. The molecule has 0 amide bonds. The minimum atomic E-state index is 0.565. The highest BCUT2D eigenvalue weighted by molar-refractivity contribution is 4.75. The SMILES string of the molecule is CCOCC(C)N1CCCNC(CC)CC1. The first-order valence-corrected chi connectivity index (χ1v) is 6.83. The van der Waals surface area contributed by atoms with Gasteiger partial charge in [0.25, 0.3) is 0 Å². The standard InChI is InChI=1S/C13H28N2O/c1-4-13-7-10-15(9-6-8-14-13)12(3)11-16-5-2/h12-14H,4-11H2,1-3H3. The molecule has 0 radical (unpaired) electrons. The van der Waals surface area contributed by atoms with Crippen molar-refractivity contribution < 1.29 is 4.74 Å². The van der Waals surface area contributed by atoms with E-state index in [1.807, 2.05) is 0 Å². The lowest BCUT2D eigenvalue weighted by molar-refractivity contribution is 0.0676. The van der Waals surface area contributed by atoms with Crippen molar-refractivity contribution >= 4 is 0 Å². The van der Waals surface area contributed by atoms with Crippen molar-refractivity contribution in [3.63, 3.8) is 0 Å². The van der Waals surface area contributed by atoms with E-state index in [2.05, 4.69) is 31.0 Å². The second-order valence-electron chi connectivity index (χ2n) is 4.75. The third-order valence-electron chi connectivity index (χ3n) is 3.50. The van der Waals surface area contributed by atoms with Gasteiger partial charge in [0.2, 0.25) is 0 Å². The van der Waals surface area contributed by atoms with Crippen molar-refractivity contribution in [2.75, 3.05) is 32.8 Å². The minimum Gasteiger partial charge on any atom is -0.380 e. The molecule has 16 heavy (non-hydrogen) atoms. The zero-order valence-electron chi connectivity index (χ0n) is 11.2. The van der Waals surface area contributed by atoms with Crippen LogP contribution in [-0.4, -0.2) is 49.8 Å². The summed E-state index contributed by atoms with van der Waals surface area (Å²) in [5.41, 5.74) is 0. The summed E-state index contributed by atoms with van der Waals surface area (Å²) >= 11 is 0. The molecule has 96 valence electrons. The van der Waals surface area contributed by atoms with Gasteiger partial charge in [0.15, 0.2) is 0 Å². The summed E-state index contributed by atoms with van der Waals surface area (Å²) in [6.45, 7) is 11.9. The predicted molar refractivity (Wildman–Crippen MR) is 68.8 cm³/mol. The van der Waals surface area contributed by atoms with Gasteiger partial charge in [-0.15, -0.1) is 0 Å². The van der Waals surface area contributed by atoms with Gasteiger partial charge in [-0.3, -0.25) is 4.90 Å². The zero-order valence-corrected chi connectivity index (χ0v) is 11.2. The van der Waals surface area contributed by atoms with E-state index in [0.29, 0.717) is 12.1 Å². The van der Waals surface area contributed by atoms with Crippen LogP contribution in [0.3, 0.4) is 0 Å². The molecule has 2 atom stereocenters. The topological polar surface area (TPSA) is 24.5 Å². The van der Waals surface area contributed by atoms with E-state index < -0.39 is 0 Å². The van der Waals surface area contributed by atoms with Gasteiger partial charge in [-0.1, -0.05) is 6.92 Å². The summed E-state index contributed by atoms with van der Waals surface area (Å²) in [5.74, 6) is 0. The van der Waals surface area contributed by atoms with Crippen LogP contribution in [0.4, 0.5) is 0 Å². The fourth-order valence-corrected chi connectivity index (χ4v) is 2.31. The van der Waals surface area contributed by atoms with Gasteiger partial charge in [0, 0.05) is 18.7 Å². The largest absolute Gasteiger partial charge is 0.380 e. The first-order valence-electron chi connectivity index (χ1n) is 6.83. The van der Waals surface area contributed by atoms with Crippen molar-refractivity contribution in [2.24, 2.45) is 0 Å². The number of ether oxygens (including phenoxy) is 1. The Kier molecular flexibility index (Phi) is 7.01. The Bertz CT molecular complexity index is 175. The Morgan fingerprint density at radius 3 is 2.88 bits per heavy atom. The molecule has 0 spiro atoms. The molecule has 1 aliphatic heterocycles. The summed E-state index contributed by atoms with van der Waals surface area (Å²) in [6, 6.07) is 1.28. The Labute approximate surface area is 101 Å². The molecular weight excluding hydrogens is 200 g/mol. The first kappa shape index (κ1) is 13.9. The Morgan fingerprint density at radius 1 is 1.38 bits per heavy atom. The quantitative estimate of drug-likeness (QED) is 0.777. The third-order valence-corrected chi connectivity index (χ3v) is 3.50. The molecule has 1 heterocycles. The Hall–Kier alpha value is -0.120. The fraction of sp³-hybridized carbons (Fsp3) is 1.00. The van der Waals surface area contributed by atoms with Gasteiger partial charge in [0.05, 0.1) is 6.61 Å². The van der Waals surface area contributed by atoms with Crippen LogP contribution in [0.2, 0.25) is 0 Å². The molecule has 2 unspecified atom stereocenters. The lowest BCUT2D eigenvalue weighted by Crippen LogP contribution is -2.44. The monoisotopic (exact) mass is 228 g/mol. The molecule has 1 aliphatic rings. The molecule has 1 fully saturated rings. The molecule has 0 aromatic rings. The normalized spacial score (nSPS) is 26.1. The maximum atomic E-state index is 5.52. The van der Waals surface area contributed by atoms with Gasteiger partial charge in [-0.2, -0.15) is 0 Å². The molecule has 0 bridgehead atoms. The average Bonchev–Trinajstić information content (AvgIpc) is 2.26. The maximum Gasteiger partial charge on any atom is 0.0618 e. The molecular formula is C13H28N2O. The van der Waals surface area contributed by atoms with E-state index >= 15 is 0 Å². The van der Waals surface area contributed by atoms with Gasteiger partial charge >= 0.3 is 0 Å². The van der Waals surface area contributed by atoms with Crippen molar-refractivity contribution in [3.05, 3.63) is 0 Å². The average molecular weight is 228 g/mol. The Morgan fingerprint density at radius 2 is 2.19 bits per heavy atom. The second kappa shape index (κ2) is 8.04. The smallest absolute Gasteiger partial charge is 0.0618 e. The molecule has 0 aliphatic carbocycles. The number of hydrogen-bond donors (Lipinski definition) is 1. The fourth-order valence-electron chi connectivity index (χ4n) is 2.31. The van der Waals surface area contributed by atoms with Gasteiger partial charge in [-0.25, -0.2) is 0 Å². The summed E-state index contributed by atoms with van der Waals surface area (Å²) in [5, 5.41) is 3.62. The van der Waals surface area contributed by atoms with E-state index in [0.717, 1.165) is 19.8 Å². The number of nitrogens with one attached hydrogen (secondary N) is 1. The molecule has 1 N–H and O–H groups in total. The molecule has 3 heteroatoms. The number of hydrogen-bond acceptors (Lipinski definition) is 3. The number of nitrogens with zero attached hydrogens (tertiary/aromatic N) is 1. The van der Waals surface area contributed by atoms with E-state index in [1.165, 1.54) is 32.4 Å². The highest BCUT2D eigenvalue weighted by Crippen LogP contribution is 2.09. The highest BCUT2D eigenvalue weighted by atomic mass is 16.5. The summed E-state index contributed by atoms with van der Waals surface area (Å²) in [6.07, 6.45) is 3.77. The molecule has 0 aromatic carbocycles. The van der Waals surface area contributed by atoms with E-state index in [1.54, 1.807) is 0 Å². The summed E-state index contributed by atoms with van der Waals surface area (Å²) in [4.78, 5) is 2.58. The maximum absolute atomic E-state index is 5.52. The lowest BCUT2D eigenvalue weighted by Gasteiger charge is -2.33. The van der Waals surface area contributed by atoms with Gasteiger partial charge in [0.1, 0.15) is 0 Å². The van der Waals surface area contributed by atoms with Crippen LogP contribution in [0.5, 0.6) is 0 Å². The molecule has 0 aromatic heterocycles. The van der Waals surface area contributed by atoms with Gasteiger partial charge in [-0.05, 0) is 52.7 Å². The van der Waals surface area contributed by atoms with Crippen LogP contribution in [-0.2, 0) is 4.74 Å². The van der Waals surface area contributed by atoms with Crippen molar-refractivity contribution in [3.8, 4) is 0 Å². The van der Waals surface area contributed by atoms with Crippen LogP contribution in [0.25, 0.3) is 0 Å². The molecule has 0 saturated carbocycles. The zero-order chi connectivity index (χ0) is 11.8. The number of rotatable bonds is 5. The highest BCUT2D eigenvalue weighted by Gasteiger charge is 2.17. The van der Waals surface area contributed by atoms with E-state index in [-0.39, 0.29) is 0 Å². The van der Waals surface area contributed by atoms with E-state index in [9.17, 15) is 0 Å². The molecule has 1 rings (SSSR count). The minimum absolute atomic E-state index is 0.565. The van der Waals surface area contributed by atoms with Crippen LogP contribution in [0.1, 0.15) is 40.0 Å². The van der Waals surface area contributed by atoms with Crippen molar-refractivity contribution in [1.29, 1.82) is 0 Å². The predicted octanol–water partition coefficient (Wildman–Crippen LogP) is 1.88. The summed E-state index contributed by atoms with van der Waals surface area (Å²) in [7, 11) is 0. The lowest BCUT2D eigenvalue weighted by atomic mass is 10.1.